The Bertz CT molecular complexity index is 1140. The van der Waals surface area contributed by atoms with Crippen LogP contribution in [0.15, 0.2) is 65.5 Å². The van der Waals surface area contributed by atoms with Gasteiger partial charge in [-0.1, -0.05) is 48.9 Å². The van der Waals surface area contributed by atoms with E-state index < -0.39 is 0 Å². The number of hydrogen-bond donors (Lipinski definition) is 1. The summed E-state index contributed by atoms with van der Waals surface area (Å²) in [4.78, 5) is 27.3. The van der Waals surface area contributed by atoms with E-state index in [4.69, 9.17) is 11.6 Å². The zero-order valence-corrected chi connectivity index (χ0v) is 18.9. The molecular formula is C25H27ClN4O2. The van der Waals surface area contributed by atoms with E-state index in [1.807, 2.05) is 0 Å². The third-order valence-electron chi connectivity index (χ3n) is 5.85. The lowest BCUT2D eigenvalue weighted by Gasteiger charge is -2.33. The van der Waals surface area contributed by atoms with Crippen LogP contribution < -0.4 is 15.8 Å². The number of carbonyl (C=O) groups is 1. The molecule has 1 aliphatic rings. The van der Waals surface area contributed by atoms with Crippen LogP contribution in [-0.2, 0) is 17.8 Å². The molecule has 2 heterocycles. The molecule has 6 nitrogen and oxygen atoms in total. The van der Waals surface area contributed by atoms with E-state index >= 15 is 0 Å². The number of nitrogens with one attached hydrogen (secondary N) is 1. The molecule has 7 heteroatoms. The van der Waals surface area contributed by atoms with Gasteiger partial charge in [-0.3, -0.25) is 9.59 Å². The van der Waals surface area contributed by atoms with Gasteiger partial charge in [-0.05, 0) is 54.7 Å². The largest absolute Gasteiger partial charge is 0.354 e. The van der Waals surface area contributed by atoms with Crippen LogP contribution in [0.3, 0.4) is 0 Å². The van der Waals surface area contributed by atoms with Gasteiger partial charge in [0.15, 0.2) is 0 Å². The average Bonchev–Trinajstić information content (AvgIpc) is 2.83. The topological polar surface area (TPSA) is 67.2 Å². The van der Waals surface area contributed by atoms with Gasteiger partial charge in [-0.15, -0.1) is 5.10 Å². The number of hydrogen-bond acceptors (Lipinski definition) is 4. The molecule has 0 radical (unpaired) electrons. The molecule has 0 aliphatic carbocycles. The summed E-state index contributed by atoms with van der Waals surface area (Å²) >= 11 is 6.08. The lowest BCUT2D eigenvalue weighted by molar-refractivity contribution is -0.125. The van der Waals surface area contributed by atoms with Crippen LogP contribution in [-0.4, -0.2) is 28.8 Å². The first-order chi connectivity index (χ1) is 15.5. The van der Waals surface area contributed by atoms with Gasteiger partial charge in [0.05, 0.1) is 11.6 Å². The molecule has 1 aliphatic heterocycles. The van der Waals surface area contributed by atoms with Gasteiger partial charge in [-0.25, -0.2) is 0 Å². The van der Waals surface area contributed by atoms with Crippen molar-refractivity contribution in [3.05, 3.63) is 87.2 Å². The molecule has 0 bridgehead atoms. The van der Waals surface area contributed by atoms with Crippen molar-refractivity contribution in [3.8, 4) is 5.69 Å². The molecule has 0 saturated carbocycles. The second kappa shape index (κ2) is 10.0. The highest BCUT2D eigenvalue weighted by Crippen LogP contribution is 2.22. The van der Waals surface area contributed by atoms with Crippen molar-refractivity contribution in [2.45, 2.75) is 32.7 Å². The summed E-state index contributed by atoms with van der Waals surface area (Å²) in [7, 11) is 0. The highest BCUT2D eigenvalue weighted by atomic mass is 35.5. The van der Waals surface area contributed by atoms with Crippen molar-refractivity contribution < 1.29 is 4.79 Å². The number of anilines is 1. The third kappa shape index (κ3) is 5.19. The summed E-state index contributed by atoms with van der Waals surface area (Å²) in [5.74, 6) is 0.613. The Labute approximate surface area is 192 Å². The van der Waals surface area contributed by atoms with E-state index in [0.717, 1.165) is 31.4 Å². The number of nitrogens with zero attached hydrogens (tertiary/aromatic N) is 3. The first-order valence-corrected chi connectivity index (χ1v) is 11.4. The standard InChI is InChI=1S/C25H27ClN4O2/c1-2-18-8-10-19(11-9-18)16-27-25(32)20-5-4-14-29(17-20)23-12-13-24(31)30(28-23)22-7-3-6-21(26)15-22/h3,6-13,15,20H,2,4-5,14,16-17H2,1H3,(H,27,32). The van der Waals surface area contributed by atoms with Crippen LogP contribution in [0.4, 0.5) is 5.82 Å². The van der Waals surface area contributed by atoms with Gasteiger partial charge in [0.25, 0.3) is 5.56 Å². The fourth-order valence-corrected chi connectivity index (χ4v) is 4.17. The number of halogens is 1. The van der Waals surface area contributed by atoms with Crippen LogP contribution in [0.2, 0.25) is 5.02 Å². The number of aromatic nitrogens is 2. The monoisotopic (exact) mass is 450 g/mol. The average molecular weight is 451 g/mol. The van der Waals surface area contributed by atoms with Crippen molar-refractivity contribution >= 4 is 23.3 Å². The van der Waals surface area contributed by atoms with E-state index in [9.17, 15) is 9.59 Å². The van der Waals surface area contributed by atoms with E-state index in [-0.39, 0.29) is 17.4 Å². The van der Waals surface area contributed by atoms with Crippen LogP contribution in [0.25, 0.3) is 5.69 Å². The maximum absolute atomic E-state index is 12.8. The zero-order valence-electron chi connectivity index (χ0n) is 18.1. The number of benzene rings is 2. The minimum Gasteiger partial charge on any atom is -0.354 e. The molecule has 1 amide bonds. The van der Waals surface area contributed by atoms with E-state index in [0.29, 0.717) is 29.6 Å². The Kier molecular flexibility index (Phi) is 6.90. The Morgan fingerprint density at radius 2 is 1.91 bits per heavy atom. The zero-order chi connectivity index (χ0) is 22.5. The van der Waals surface area contributed by atoms with E-state index in [2.05, 4.69) is 46.5 Å². The molecule has 4 rings (SSSR count). The molecule has 1 unspecified atom stereocenters. The minimum absolute atomic E-state index is 0.0532. The predicted octanol–water partition coefficient (Wildman–Crippen LogP) is 3.98. The summed E-state index contributed by atoms with van der Waals surface area (Å²) in [6, 6.07) is 18.6. The van der Waals surface area contributed by atoms with Gasteiger partial charge in [0, 0.05) is 30.7 Å². The highest BCUT2D eigenvalue weighted by molar-refractivity contribution is 6.30. The quantitative estimate of drug-likeness (QED) is 0.616. The molecule has 0 spiro atoms. The maximum atomic E-state index is 12.8. The van der Waals surface area contributed by atoms with Crippen molar-refractivity contribution in [3.63, 3.8) is 0 Å². The first kappa shape index (κ1) is 22.1. The smallest absolute Gasteiger partial charge is 0.271 e. The molecule has 1 N–H and O–H groups in total. The molecule has 166 valence electrons. The molecule has 1 saturated heterocycles. The fraction of sp³-hybridized carbons (Fsp3) is 0.320. The maximum Gasteiger partial charge on any atom is 0.271 e. The Morgan fingerprint density at radius 3 is 2.66 bits per heavy atom. The lowest BCUT2D eigenvalue weighted by Crippen LogP contribution is -2.43. The SMILES string of the molecule is CCc1ccc(CNC(=O)C2CCCN(c3ccc(=O)n(-c4cccc(Cl)c4)n3)C2)cc1. The summed E-state index contributed by atoms with van der Waals surface area (Å²) in [6.07, 6.45) is 2.73. The Morgan fingerprint density at radius 1 is 1.12 bits per heavy atom. The van der Waals surface area contributed by atoms with Gasteiger partial charge in [0.2, 0.25) is 5.91 Å². The van der Waals surface area contributed by atoms with Crippen LogP contribution in [0, 0.1) is 5.92 Å². The number of aryl methyl sites for hydroxylation is 1. The van der Waals surface area contributed by atoms with Crippen LogP contribution in [0.1, 0.15) is 30.9 Å². The van der Waals surface area contributed by atoms with Crippen molar-refractivity contribution in [1.29, 1.82) is 0 Å². The van der Waals surface area contributed by atoms with Gasteiger partial charge >= 0.3 is 0 Å². The molecular weight excluding hydrogens is 424 g/mol. The van der Waals surface area contributed by atoms with E-state index in [1.54, 1.807) is 30.3 Å². The Balaban J connectivity index is 1.43. The molecule has 1 fully saturated rings. The minimum atomic E-state index is -0.226. The molecule has 32 heavy (non-hydrogen) atoms. The Hall–Kier alpha value is -3.12. The van der Waals surface area contributed by atoms with Crippen LogP contribution >= 0.6 is 11.6 Å². The van der Waals surface area contributed by atoms with Crippen molar-refractivity contribution in [1.82, 2.24) is 15.1 Å². The number of carbonyl (C=O) groups excluding carboxylic acids is 1. The summed E-state index contributed by atoms with van der Waals surface area (Å²) in [6.45, 7) is 4.02. The third-order valence-corrected chi connectivity index (χ3v) is 6.09. The van der Waals surface area contributed by atoms with Crippen molar-refractivity contribution in [2.24, 2.45) is 5.92 Å². The van der Waals surface area contributed by atoms with Gasteiger partial charge in [-0.2, -0.15) is 4.68 Å². The number of amides is 1. The highest BCUT2D eigenvalue weighted by Gasteiger charge is 2.26. The second-order valence-corrected chi connectivity index (χ2v) is 8.53. The summed E-state index contributed by atoms with van der Waals surface area (Å²) in [5.41, 5.74) is 2.77. The number of piperidine rings is 1. The second-order valence-electron chi connectivity index (χ2n) is 8.09. The van der Waals surface area contributed by atoms with Crippen molar-refractivity contribution in [2.75, 3.05) is 18.0 Å². The molecule has 1 atom stereocenters. The number of rotatable bonds is 6. The lowest BCUT2D eigenvalue weighted by atomic mass is 9.97. The molecule has 1 aromatic heterocycles. The van der Waals surface area contributed by atoms with Crippen LogP contribution in [0.5, 0.6) is 0 Å². The predicted molar refractivity (Wildman–Crippen MR) is 127 cm³/mol. The molecule has 2 aromatic carbocycles. The van der Waals surface area contributed by atoms with Gasteiger partial charge in [0.1, 0.15) is 5.82 Å². The summed E-state index contributed by atoms with van der Waals surface area (Å²) in [5, 5.41) is 8.17. The first-order valence-electron chi connectivity index (χ1n) is 11.0. The van der Waals surface area contributed by atoms with Gasteiger partial charge < -0.3 is 10.2 Å². The summed E-state index contributed by atoms with van der Waals surface area (Å²) < 4.78 is 1.35. The normalized spacial score (nSPS) is 16.1. The molecule has 3 aromatic rings. The van der Waals surface area contributed by atoms with E-state index in [1.165, 1.54) is 16.3 Å². The fourth-order valence-electron chi connectivity index (χ4n) is 3.99.